The lowest BCUT2D eigenvalue weighted by Crippen LogP contribution is -2.22. The highest BCUT2D eigenvalue weighted by atomic mass is 16.1. The number of hydrogen-bond donors (Lipinski definition) is 0. The first kappa shape index (κ1) is 10.4. The Labute approximate surface area is 83.3 Å². The number of benzene rings is 1. The van der Waals surface area contributed by atoms with Gasteiger partial charge in [0.15, 0.2) is 5.78 Å². The van der Waals surface area contributed by atoms with E-state index in [4.69, 9.17) is 0 Å². The summed E-state index contributed by atoms with van der Waals surface area (Å²) in [7, 11) is 0. The number of carbonyl (C=O) groups excluding carboxylic acids is 2. The molecule has 0 aliphatic heterocycles. The van der Waals surface area contributed by atoms with Gasteiger partial charge < -0.3 is 4.90 Å². The summed E-state index contributed by atoms with van der Waals surface area (Å²) in [6.07, 6.45) is 0.738. The van der Waals surface area contributed by atoms with Gasteiger partial charge in [-0.3, -0.25) is 9.59 Å². The molecule has 0 aromatic heterocycles. The maximum absolute atomic E-state index is 11.3. The molecule has 1 aromatic carbocycles. The molecule has 1 rings (SSSR count). The van der Waals surface area contributed by atoms with Crippen LogP contribution >= 0.6 is 0 Å². The van der Waals surface area contributed by atoms with Gasteiger partial charge >= 0.3 is 0 Å². The lowest BCUT2D eigenvalue weighted by Gasteiger charge is -2.17. The van der Waals surface area contributed by atoms with Gasteiger partial charge in [0.25, 0.3) is 0 Å². The van der Waals surface area contributed by atoms with E-state index in [9.17, 15) is 9.59 Å². The van der Waals surface area contributed by atoms with Crippen molar-refractivity contribution in [2.45, 2.75) is 13.8 Å². The molecule has 0 unspecified atom stereocenters. The molecular weight excluding hydrogens is 178 g/mol. The molecule has 74 valence electrons. The summed E-state index contributed by atoms with van der Waals surface area (Å²) in [4.78, 5) is 23.5. The molecule has 0 fully saturated rings. The van der Waals surface area contributed by atoms with Crippen LogP contribution in [0.3, 0.4) is 0 Å². The molecule has 0 heterocycles. The van der Waals surface area contributed by atoms with Crippen molar-refractivity contribution >= 4 is 17.9 Å². The molecular formula is C11H13NO2. The van der Waals surface area contributed by atoms with Gasteiger partial charge in [-0.2, -0.15) is 0 Å². The number of anilines is 1. The fourth-order valence-corrected chi connectivity index (χ4v) is 1.32. The number of para-hydroxylation sites is 1. The fourth-order valence-electron chi connectivity index (χ4n) is 1.32. The van der Waals surface area contributed by atoms with Crippen LogP contribution < -0.4 is 4.90 Å². The Bertz CT molecular complexity index is 347. The monoisotopic (exact) mass is 191 g/mol. The fraction of sp³-hybridized carbons (Fsp3) is 0.273. The van der Waals surface area contributed by atoms with E-state index in [0.29, 0.717) is 17.8 Å². The molecule has 0 spiro atoms. The molecule has 14 heavy (non-hydrogen) atoms. The van der Waals surface area contributed by atoms with Crippen molar-refractivity contribution in [2.75, 3.05) is 11.4 Å². The number of carbonyl (C=O) groups is 2. The quantitative estimate of drug-likeness (QED) is 0.538. The number of hydrogen-bond acceptors (Lipinski definition) is 2. The second-order valence-corrected chi connectivity index (χ2v) is 2.96. The Morgan fingerprint density at radius 2 is 2.07 bits per heavy atom. The lowest BCUT2D eigenvalue weighted by atomic mass is 10.1. The van der Waals surface area contributed by atoms with E-state index in [1.807, 2.05) is 13.0 Å². The summed E-state index contributed by atoms with van der Waals surface area (Å²) in [5.74, 6) is -0.0269. The molecule has 3 heteroatoms. The molecule has 0 bridgehead atoms. The zero-order valence-electron chi connectivity index (χ0n) is 8.36. The second-order valence-electron chi connectivity index (χ2n) is 2.96. The lowest BCUT2D eigenvalue weighted by molar-refractivity contribution is -0.107. The Morgan fingerprint density at radius 1 is 1.43 bits per heavy atom. The van der Waals surface area contributed by atoms with Crippen LogP contribution in [0, 0.1) is 0 Å². The smallest absolute Gasteiger partial charge is 0.214 e. The van der Waals surface area contributed by atoms with Crippen molar-refractivity contribution in [1.29, 1.82) is 0 Å². The molecule has 0 saturated heterocycles. The minimum Gasteiger partial charge on any atom is -0.315 e. The molecule has 3 nitrogen and oxygen atoms in total. The predicted octanol–water partition coefficient (Wildman–Crippen LogP) is 1.87. The van der Waals surface area contributed by atoms with Crippen LogP contribution in [-0.2, 0) is 4.79 Å². The van der Waals surface area contributed by atoms with E-state index < -0.39 is 0 Å². The summed E-state index contributed by atoms with van der Waals surface area (Å²) in [6, 6.07) is 7.10. The van der Waals surface area contributed by atoms with Gasteiger partial charge in [0, 0.05) is 12.1 Å². The number of nitrogens with zero attached hydrogens (tertiary/aromatic N) is 1. The van der Waals surface area contributed by atoms with Crippen molar-refractivity contribution in [3.05, 3.63) is 29.8 Å². The third kappa shape index (κ3) is 1.99. The van der Waals surface area contributed by atoms with Crippen LogP contribution in [0.15, 0.2) is 24.3 Å². The van der Waals surface area contributed by atoms with Gasteiger partial charge in [0.2, 0.25) is 6.41 Å². The van der Waals surface area contributed by atoms with Gasteiger partial charge in [-0.25, -0.2) is 0 Å². The van der Waals surface area contributed by atoms with Crippen LogP contribution in [0.2, 0.25) is 0 Å². The number of rotatable bonds is 4. The second kappa shape index (κ2) is 4.56. The number of amides is 1. The van der Waals surface area contributed by atoms with Crippen molar-refractivity contribution in [1.82, 2.24) is 0 Å². The summed E-state index contributed by atoms with van der Waals surface area (Å²) < 4.78 is 0. The van der Waals surface area contributed by atoms with E-state index in [2.05, 4.69) is 0 Å². The molecule has 0 aliphatic carbocycles. The van der Waals surface area contributed by atoms with Crippen LogP contribution in [-0.4, -0.2) is 18.7 Å². The van der Waals surface area contributed by atoms with Gasteiger partial charge in [-0.05, 0) is 26.0 Å². The highest BCUT2D eigenvalue weighted by Crippen LogP contribution is 2.19. The molecule has 0 N–H and O–H groups in total. The molecule has 0 saturated carbocycles. The zero-order chi connectivity index (χ0) is 10.6. The average molecular weight is 191 g/mol. The van der Waals surface area contributed by atoms with Crippen LogP contribution in [0.4, 0.5) is 5.69 Å². The van der Waals surface area contributed by atoms with Crippen molar-refractivity contribution < 1.29 is 9.59 Å². The summed E-state index contributed by atoms with van der Waals surface area (Å²) in [5, 5.41) is 0. The summed E-state index contributed by atoms with van der Waals surface area (Å²) in [6.45, 7) is 3.93. The molecule has 1 aromatic rings. The van der Waals surface area contributed by atoms with Crippen LogP contribution in [0.1, 0.15) is 24.2 Å². The summed E-state index contributed by atoms with van der Waals surface area (Å²) >= 11 is 0. The van der Waals surface area contributed by atoms with Gasteiger partial charge in [0.1, 0.15) is 0 Å². The number of Topliss-reactive ketones (excluding diaryl/α,β-unsaturated/α-hetero) is 1. The van der Waals surface area contributed by atoms with E-state index in [-0.39, 0.29) is 5.78 Å². The Balaban J connectivity index is 3.18. The van der Waals surface area contributed by atoms with Crippen molar-refractivity contribution in [3.8, 4) is 0 Å². The zero-order valence-corrected chi connectivity index (χ0v) is 8.36. The molecule has 0 radical (unpaired) electrons. The third-order valence-corrected chi connectivity index (χ3v) is 2.06. The standard InChI is InChI=1S/C11H13NO2/c1-3-12(8-13)11-7-5-4-6-10(11)9(2)14/h4-8H,3H2,1-2H3. The maximum atomic E-state index is 11.3. The highest BCUT2D eigenvalue weighted by molar-refractivity contribution is 6.01. The molecule has 0 atom stereocenters. The van der Waals surface area contributed by atoms with Crippen LogP contribution in [0.5, 0.6) is 0 Å². The predicted molar refractivity (Wildman–Crippen MR) is 55.5 cm³/mol. The first-order chi connectivity index (χ1) is 6.70. The maximum Gasteiger partial charge on any atom is 0.214 e. The van der Waals surface area contributed by atoms with Gasteiger partial charge in [0.05, 0.1) is 5.69 Å². The minimum absolute atomic E-state index is 0.0269. The van der Waals surface area contributed by atoms with Crippen molar-refractivity contribution in [3.63, 3.8) is 0 Å². The third-order valence-electron chi connectivity index (χ3n) is 2.06. The SMILES string of the molecule is CCN(C=O)c1ccccc1C(C)=O. The highest BCUT2D eigenvalue weighted by Gasteiger charge is 2.10. The largest absolute Gasteiger partial charge is 0.315 e. The van der Waals surface area contributed by atoms with E-state index in [1.54, 1.807) is 18.2 Å². The normalized spacial score (nSPS) is 9.57. The first-order valence-electron chi connectivity index (χ1n) is 4.52. The average Bonchev–Trinajstić information content (AvgIpc) is 2.20. The van der Waals surface area contributed by atoms with Gasteiger partial charge in [-0.15, -0.1) is 0 Å². The van der Waals surface area contributed by atoms with E-state index in [1.165, 1.54) is 11.8 Å². The Kier molecular flexibility index (Phi) is 3.40. The Morgan fingerprint density at radius 3 is 2.57 bits per heavy atom. The van der Waals surface area contributed by atoms with E-state index in [0.717, 1.165) is 6.41 Å². The first-order valence-corrected chi connectivity index (χ1v) is 4.52. The summed E-state index contributed by atoms with van der Waals surface area (Å²) in [5.41, 5.74) is 1.26. The topological polar surface area (TPSA) is 37.4 Å². The molecule has 1 amide bonds. The van der Waals surface area contributed by atoms with Gasteiger partial charge in [-0.1, -0.05) is 12.1 Å². The molecule has 0 aliphatic rings. The number of ketones is 1. The van der Waals surface area contributed by atoms with Crippen LogP contribution in [0.25, 0.3) is 0 Å². The van der Waals surface area contributed by atoms with E-state index >= 15 is 0 Å². The van der Waals surface area contributed by atoms with Crippen molar-refractivity contribution in [2.24, 2.45) is 0 Å². The Hall–Kier alpha value is -1.64. The minimum atomic E-state index is -0.0269.